The minimum Gasteiger partial charge on any atom is -0.506 e. The summed E-state index contributed by atoms with van der Waals surface area (Å²) in [6.07, 6.45) is 2.01. The summed E-state index contributed by atoms with van der Waals surface area (Å²) < 4.78 is 28.3. The second-order valence-electron chi connectivity index (χ2n) is 8.80. The number of phenolic OH excluding ortho intramolecular Hbond substituents is 1. The molecule has 0 aliphatic carbocycles. The topological polar surface area (TPSA) is 128 Å². The molecule has 10 heteroatoms. The number of carbonyl (C=O) groups is 2. The fourth-order valence-corrected chi connectivity index (χ4v) is 5.66. The van der Waals surface area contributed by atoms with Crippen molar-refractivity contribution in [3.8, 4) is 5.75 Å². The summed E-state index contributed by atoms with van der Waals surface area (Å²) in [5, 5.41) is 19.1. The molecule has 1 aliphatic rings. The molecule has 0 saturated carbocycles. The lowest BCUT2D eigenvalue weighted by molar-refractivity contribution is -0.120. The number of nitrogens with zero attached hydrogens (tertiary/aromatic N) is 1. The number of carbonyl (C=O) groups excluding carboxylic acids is 2. The van der Waals surface area contributed by atoms with Crippen LogP contribution >= 0.6 is 0 Å². The Bertz CT molecular complexity index is 1320. The van der Waals surface area contributed by atoms with Crippen LogP contribution in [0.25, 0.3) is 0 Å². The van der Waals surface area contributed by atoms with Crippen molar-refractivity contribution in [1.29, 1.82) is 0 Å². The lowest BCUT2D eigenvalue weighted by Gasteiger charge is -2.25. The van der Waals surface area contributed by atoms with Crippen LogP contribution in [0.3, 0.4) is 0 Å². The number of phenols is 1. The summed E-state index contributed by atoms with van der Waals surface area (Å²) in [6, 6.07) is 20.0. The predicted molar refractivity (Wildman–Crippen MR) is 141 cm³/mol. The molecule has 1 saturated heterocycles. The maximum absolute atomic E-state index is 13.6. The van der Waals surface area contributed by atoms with Crippen molar-refractivity contribution in [2.24, 2.45) is 5.92 Å². The number of benzene rings is 3. The van der Waals surface area contributed by atoms with Gasteiger partial charge in [0.25, 0.3) is 15.9 Å². The van der Waals surface area contributed by atoms with Gasteiger partial charge in [0.15, 0.2) is 0 Å². The summed E-state index contributed by atoms with van der Waals surface area (Å²) in [4.78, 5) is 24.6. The van der Waals surface area contributed by atoms with Crippen LogP contribution in [0, 0.1) is 5.92 Å². The highest BCUT2D eigenvalue weighted by Crippen LogP contribution is 2.37. The Hall–Kier alpha value is -3.89. The van der Waals surface area contributed by atoms with Crippen molar-refractivity contribution in [2.45, 2.75) is 17.7 Å². The summed E-state index contributed by atoms with van der Waals surface area (Å²) >= 11 is 0. The van der Waals surface area contributed by atoms with Crippen molar-refractivity contribution in [2.75, 3.05) is 30.5 Å². The van der Waals surface area contributed by atoms with Gasteiger partial charge in [-0.25, -0.2) is 12.7 Å². The molecule has 3 aromatic carbocycles. The highest BCUT2D eigenvalue weighted by molar-refractivity contribution is 7.93. The Morgan fingerprint density at radius 3 is 2.22 bits per heavy atom. The Labute approximate surface area is 216 Å². The molecule has 1 aliphatic heterocycles. The zero-order chi connectivity index (χ0) is 26.3. The van der Waals surface area contributed by atoms with E-state index in [0.29, 0.717) is 18.2 Å². The van der Waals surface area contributed by atoms with Crippen molar-refractivity contribution in [3.63, 3.8) is 0 Å². The normalized spacial score (nSPS) is 14.1. The maximum Gasteiger partial charge on any atom is 0.268 e. The molecule has 3 aromatic rings. The van der Waals surface area contributed by atoms with Crippen LogP contribution in [0.2, 0.25) is 0 Å². The zero-order valence-electron chi connectivity index (χ0n) is 20.3. The second kappa shape index (κ2) is 11.9. The third-order valence-corrected chi connectivity index (χ3v) is 7.96. The Morgan fingerprint density at radius 1 is 0.892 bits per heavy atom. The lowest BCUT2D eigenvalue weighted by atomic mass is 9.98. The van der Waals surface area contributed by atoms with Gasteiger partial charge in [0.05, 0.1) is 22.8 Å². The number of hydrogen-bond acceptors (Lipinski definition) is 6. The Morgan fingerprint density at radius 2 is 1.54 bits per heavy atom. The van der Waals surface area contributed by atoms with Gasteiger partial charge in [-0.05, 0) is 80.4 Å². The van der Waals surface area contributed by atoms with E-state index in [9.17, 15) is 23.1 Å². The van der Waals surface area contributed by atoms with Crippen LogP contribution in [-0.2, 0) is 14.8 Å². The van der Waals surface area contributed by atoms with E-state index in [0.717, 1.165) is 30.2 Å². The van der Waals surface area contributed by atoms with Crippen molar-refractivity contribution in [3.05, 3.63) is 84.4 Å². The van der Waals surface area contributed by atoms with E-state index in [1.165, 1.54) is 36.4 Å². The van der Waals surface area contributed by atoms with E-state index in [4.69, 9.17) is 0 Å². The van der Waals surface area contributed by atoms with E-state index >= 15 is 0 Å². The Kier molecular flexibility index (Phi) is 8.42. The van der Waals surface area contributed by atoms with Gasteiger partial charge in [0, 0.05) is 12.1 Å². The molecule has 0 atom stereocenters. The monoisotopic (exact) mass is 522 g/mol. The number of hydrogen-bond donors (Lipinski definition) is 4. The van der Waals surface area contributed by atoms with Crippen LogP contribution in [-0.4, -0.2) is 51.5 Å². The van der Waals surface area contributed by atoms with Crippen LogP contribution in [0.15, 0.2) is 83.8 Å². The molecule has 9 nitrogen and oxygen atoms in total. The average molecular weight is 523 g/mol. The highest BCUT2D eigenvalue weighted by atomic mass is 32.2. The van der Waals surface area contributed by atoms with E-state index in [1.807, 2.05) is 0 Å². The molecule has 1 heterocycles. The number of rotatable bonds is 9. The first-order chi connectivity index (χ1) is 17.9. The fraction of sp³-hybridized carbons (Fsp3) is 0.259. The molecule has 1 fully saturated rings. The van der Waals surface area contributed by atoms with Crippen molar-refractivity contribution < 1.29 is 23.1 Å². The summed E-state index contributed by atoms with van der Waals surface area (Å²) in [5.41, 5.74) is 0.672. The summed E-state index contributed by atoms with van der Waals surface area (Å²) in [6.45, 7) is 2.30. The molecular formula is C27H30N4O5S. The van der Waals surface area contributed by atoms with Crippen LogP contribution < -0.4 is 20.3 Å². The maximum atomic E-state index is 13.6. The van der Waals surface area contributed by atoms with Gasteiger partial charge >= 0.3 is 0 Å². The number of anilines is 2. The SMILES string of the molecule is O=C(CNC(=O)c1ccc(S(=O)(=O)N(c2ccccc2)c2ccccc2O)cc1)NCC1CCNCC1. The van der Waals surface area contributed by atoms with Gasteiger partial charge in [-0.1, -0.05) is 30.3 Å². The molecule has 4 rings (SSSR count). The van der Waals surface area contributed by atoms with Crippen molar-refractivity contribution in [1.82, 2.24) is 16.0 Å². The number of amides is 2. The Balaban J connectivity index is 1.44. The van der Waals surface area contributed by atoms with Gasteiger partial charge < -0.3 is 21.1 Å². The van der Waals surface area contributed by atoms with Crippen LogP contribution in [0.1, 0.15) is 23.2 Å². The average Bonchev–Trinajstić information content (AvgIpc) is 2.93. The smallest absolute Gasteiger partial charge is 0.268 e. The molecule has 0 bridgehead atoms. The van der Waals surface area contributed by atoms with E-state index in [-0.39, 0.29) is 34.3 Å². The number of aromatic hydroxyl groups is 1. The van der Waals surface area contributed by atoms with Crippen molar-refractivity contribution >= 4 is 33.2 Å². The summed E-state index contributed by atoms with van der Waals surface area (Å²) in [7, 11) is -4.14. The van der Waals surface area contributed by atoms with Gasteiger partial charge in [-0.15, -0.1) is 0 Å². The lowest BCUT2D eigenvalue weighted by Crippen LogP contribution is -2.40. The standard InChI is InChI=1S/C27H30N4O5S/c32-25-9-5-4-8-24(25)31(22-6-2-1-3-7-22)37(35,36)23-12-10-21(11-13-23)27(34)30-19-26(33)29-18-20-14-16-28-17-15-20/h1-13,20,28,32H,14-19H2,(H,29,33)(H,30,34). The van der Waals surface area contributed by atoms with Gasteiger partial charge in [-0.3, -0.25) is 9.59 Å². The third-order valence-electron chi connectivity index (χ3n) is 6.20. The minimum absolute atomic E-state index is 0.0594. The summed E-state index contributed by atoms with van der Waals surface area (Å²) in [5.74, 6) is -0.512. The largest absolute Gasteiger partial charge is 0.506 e. The number of nitrogens with one attached hydrogen (secondary N) is 3. The molecule has 2 amide bonds. The first-order valence-electron chi connectivity index (χ1n) is 12.1. The predicted octanol–water partition coefficient (Wildman–Crippen LogP) is 2.76. The molecule has 194 valence electrons. The molecule has 4 N–H and O–H groups in total. The second-order valence-corrected chi connectivity index (χ2v) is 10.6. The van der Waals surface area contributed by atoms with Gasteiger partial charge in [0.1, 0.15) is 5.75 Å². The molecule has 37 heavy (non-hydrogen) atoms. The zero-order valence-corrected chi connectivity index (χ0v) is 21.1. The molecule has 0 unspecified atom stereocenters. The van der Waals surface area contributed by atoms with Crippen LogP contribution in [0.4, 0.5) is 11.4 Å². The number of para-hydroxylation sites is 3. The molecule has 0 spiro atoms. The molecule has 0 radical (unpaired) electrons. The quantitative estimate of drug-likeness (QED) is 0.342. The molecule has 0 aromatic heterocycles. The van der Waals surface area contributed by atoms with E-state index in [1.54, 1.807) is 42.5 Å². The minimum atomic E-state index is -4.14. The molecular weight excluding hydrogens is 492 g/mol. The first kappa shape index (κ1) is 26.2. The number of sulfonamides is 1. The third kappa shape index (κ3) is 6.46. The highest BCUT2D eigenvalue weighted by Gasteiger charge is 2.28. The van der Waals surface area contributed by atoms with E-state index in [2.05, 4.69) is 16.0 Å². The fourth-order valence-electron chi connectivity index (χ4n) is 4.16. The van der Waals surface area contributed by atoms with Gasteiger partial charge in [0.2, 0.25) is 5.91 Å². The number of piperidine rings is 1. The van der Waals surface area contributed by atoms with E-state index < -0.39 is 15.9 Å². The first-order valence-corrected chi connectivity index (χ1v) is 13.5. The van der Waals surface area contributed by atoms with Crippen LogP contribution in [0.5, 0.6) is 5.75 Å². The van der Waals surface area contributed by atoms with Gasteiger partial charge in [-0.2, -0.15) is 0 Å².